The van der Waals surface area contributed by atoms with Gasteiger partial charge in [-0.2, -0.15) is 0 Å². The first-order valence-electron chi connectivity index (χ1n) is 8.44. The van der Waals surface area contributed by atoms with Crippen LogP contribution in [0.4, 0.5) is 0 Å². The fourth-order valence-electron chi connectivity index (χ4n) is 2.58. The summed E-state index contributed by atoms with van der Waals surface area (Å²) < 4.78 is 10.8. The molecule has 0 radical (unpaired) electrons. The highest BCUT2D eigenvalue weighted by atomic mass is 16.5. The van der Waals surface area contributed by atoms with E-state index in [0.29, 0.717) is 24.6 Å². The predicted molar refractivity (Wildman–Crippen MR) is 97.9 cm³/mol. The molecule has 0 atom stereocenters. The molecule has 6 nitrogen and oxygen atoms in total. The van der Waals surface area contributed by atoms with Gasteiger partial charge in [0, 0.05) is 24.2 Å². The SMILES string of the molecule is CCOc1ccc(-c2ccc(C(=O)N(C)Cc3ccc(C)o3)cc2)nn1. The number of rotatable bonds is 6. The number of ether oxygens (including phenoxy) is 1. The zero-order chi connectivity index (χ0) is 18.5. The van der Waals surface area contributed by atoms with Crippen molar-refractivity contribution < 1.29 is 13.9 Å². The van der Waals surface area contributed by atoms with Gasteiger partial charge >= 0.3 is 0 Å². The Labute approximate surface area is 152 Å². The highest BCUT2D eigenvalue weighted by Gasteiger charge is 2.14. The number of hydrogen-bond acceptors (Lipinski definition) is 5. The Kier molecular flexibility index (Phi) is 5.31. The minimum Gasteiger partial charge on any atom is -0.477 e. The van der Waals surface area contributed by atoms with E-state index < -0.39 is 0 Å². The Balaban J connectivity index is 1.69. The van der Waals surface area contributed by atoms with Gasteiger partial charge in [0.15, 0.2) is 0 Å². The minimum atomic E-state index is -0.0663. The maximum atomic E-state index is 12.6. The van der Waals surface area contributed by atoms with Crippen LogP contribution in [-0.4, -0.2) is 34.7 Å². The zero-order valence-corrected chi connectivity index (χ0v) is 15.1. The first kappa shape index (κ1) is 17.7. The summed E-state index contributed by atoms with van der Waals surface area (Å²) in [6.07, 6.45) is 0. The number of nitrogens with zero attached hydrogens (tertiary/aromatic N) is 3. The van der Waals surface area contributed by atoms with E-state index in [9.17, 15) is 4.79 Å². The summed E-state index contributed by atoms with van der Waals surface area (Å²) in [5.41, 5.74) is 2.23. The van der Waals surface area contributed by atoms with Crippen LogP contribution in [0.2, 0.25) is 0 Å². The second kappa shape index (κ2) is 7.82. The van der Waals surface area contributed by atoms with Gasteiger partial charge in [-0.3, -0.25) is 4.79 Å². The molecule has 3 rings (SSSR count). The van der Waals surface area contributed by atoms with Gasteiger partial charge in [0.25, 0.3) is 5.91 Å². The van der Waals surface area contributed by atoms with E-state index in [0.717, 1.165) is 22.8 Å². The molecule has 0 aliphatic rings. The summed E-state index contributed by atoms with van der Waals surface area (Å²) in [4.78, 5) is 14.2. The van der Waals surface area contributed by atoms with Crippen LogP contribution < -0.4 is 4.74 Å². The molecule has 0 fully saturated rings. The molecule has 0 N–H and O–H groups in total. The van der Waals surface area contributed by atoms with Crippen LogP contribution in [0.15, 0.2) is 52.9 Å². The van der Waals surface area contributed by atoms with Crippen molar-refractivity contribution in [2.45, 2.75) is 20.4 Å². The zero-order valence-electron chi connectivity index (χ0n) is 15.1. The molecule has 1 amide bonds. The van der Waals surface area contributed by atoms with Crippen molar-refractivity contribution in [1.82, 2.24) is 15.1 Å². The molecule has 0 saturated carbocycles. The number of aromatic nitrogens is 2. The highest BCUT2D eigenvalue weighted by Crippen LogP contribution is 2.19. The number of carbonyl (C=O) groups is 1. The lowest BCUT2D eigenvalue weighted by Gasteiger charge is -2.16. The standard InChI is InChI=1S/C20H21N3O3/c1-4-25-19-12-11-18(21-22-19)15-6-8-16(9-7-15)20(24)23(3)13-17-10-5-14(2)26-17/h5-12H,4,13H2,1-3H3. The Morgan fingerprint density at radius 1 is 1.08 bits per heavy atom. The van der Waals surface area contributed by atoms with Gasteiger partial charge in [-0.1, -0.05) is 12.1 Å². The number of benzene rings is 1. The smallest absolute Gasteiger partial charge is 0.254 e. The van der Waals surface area contributed by atoms with E-state index in [2.05, 4.69) is 10.2 Å². The quantitative estimate of drug-likeness (QED) is 0.677. The van der Waals surface area contributed by atoms with Crippen LogP contribution in [0, 0.1) is 6.92 Å². The van der Waals surface area contributed by atoms with Gasteiger partial charge < -0.3 is 14.1 Å². The minimum absolute atomic E-state index is 0.0663. The number of amides is 1. The lowest BCUT2D eigenvalue weighted by atomic mass is 10.1. The summed E-state index contributed by atoms with van der Waals surface area (Å²) in [5.74, 6) is 2.03. The van der Waals surface area contributed by atoms with Crippen molar-refractivity contribution in [1.29, 1.82) is 0 Å². The number of aryl methyl sites for hydroxylation is 1. The first-order chi connectivity index (χ1) is 12.6. The average molecular weight is 351 g/mol. The van der Waals surface area contributed by atoms with Gasteiger partial charge in [0.2, 0.25) is 5.88 Å². The maximum absolute atomic E-state index is 12.6. The van der Waals surface area contributed by atoms with Gasteiger partial charge in [0.05, 0.1) is 18.8 Å². The molecule has 2 heterocycles. The highest BCUT2D eigenvalue weighted by molar-refractivity contribution is 5.94. The molecule has 0 unspecified atom stereocenters. The lowest BCUT2D eigenvalue weighted by molar-refractivity contribution is 0.0775. The third-order valence-corrected chi connectivity index (χ3v) is 3.90. The molecule has 1 aromatic carbocycles. The van der Waals surface area contributed by atoms with Crippen LogP contribution in [0.25, 0.3) is 11.3 Å². The third kappa shape index (κ3) is 4.08. The second-order valence-corrected chi connectivity index (χ2v) is 5.94. The molecule has 0 spiro atoms. The van der Waals surface area contributed by atoms with Crippen molar-refractivity contribution >= 4 is 5.91 Å². The molecule has 0 bridgehead atoms. The molecule has 0 aliphatic carbocycles. The number of carbonyl (C=O) groups excluding carboxylic acids is 1. The fourth-order valence-corrected chi connectivity index (χ4v) is 2.58. The summed E-state index contributed by atoms with van der Waals surface area (Å²) >= 11 is 0. The Bertz CT molecular complexity index is 870. The molecule has 2 aromatic heterocycles. The van der Waals surface area contributed by atoms with E-state index in [4.69, 9.17) is 9.15 Å². The lowest BCUT2D eigenvalue weighted by Crippen LogP contribution is -2.25. The third-order valence-electron chi connectivity index (χ3n) is 3.90. The van der Waals surface area contributed by atoms with Crippen molar-refractivity contribution in [3.8, 4) is 17.1 Å². The topological polar surface area (TPSA) is 68.5 Å². The van der Waals surface area contributed by atoms with Gasteiger partial charge in [-0.05, 0) is 44.2 Å². The normalized spacial score (nSPS) is 10.6. The summed E-state index contributed by atoms with van der Waals surface area (Å²) in [7, 11) is 1.76. The Hall–Kier alpha value is -3.15. The summed E-state index contributed by atoms with van der Waals surface area (Å²) in [6, 6.07) is 14.7. The molecule has 6 heteroatoms. The Morgan fingerprint density at radius 2 is 1.85 bits per heavy atom. The maximum Gasteiger partial charge on any atom is 0.254 e. The largest absolute Gasteiger partial charge is 0.477 e. The second-order valence-electron chi connectivity index (χ2n) is 5.94. The van der Waals surface area contributed by atoms with E-state index in [1.807, 2.05) is 44.2 Å². The van der Waals surface area contributed by atoms with Crippen molar-refractivity contribution in [3.63, 3.8) is 0 Å². The van der Waals surface area contributed by atoms with Gasteiger partial charge in [-0.25, -0.2) is 0 Å². The monoisotopic (exact) mass is 351 g/mol. The molecule has 0 aliphatic heterocycles. The summed E-state index contributed by atoms with van der Waals surface area (Å²) in [6.45, 7) is 4.76. The van der Waals surface area contributed by atoms with Gasteiger partial charge in [0.1, 0.15) is 11.5 Å². The van der Waals surface area contributed by atoms with Crippen LogP contribution >= 0.6 is 0 Å². The van der Waals surface area contributed by atoms with Crippen LogP contribution in [0.3, 0.4) is 0 Å². The molecule has 134 valence electrons. The Morgan fingerprint density at radius 3 is 2.42 bits per heavy atom. The van der Waals surface area contributed by atoms with Crippen LogP contribution in [0.1, 0.15) is 28.8 Å². The summed E-state index contributed by atoms with van der Waals surface area (Å²) in [5, 5.41) is 8.17. The van der Waals surface area contributed by atoms with Crippen LogP contribution in [0.5, 0.6) is 5.88 Å². The number of furan rings is 1. The van der Waals surface area contributed by atoms with Gasteiger partial charge in [-0.15, -0.1) is 10.2 Å². The van der Waals surface area contributed by atoms with E-state index in [-0.39, 0.29) is 5.91 Å². The van der Waals surface area contributed by atoms with Crippen molar-refractivity contribution in [3.05, 3.63) is 65.6 Å². The fraction of sp³-hybridized carbons (Fsp3) is 0.250. The number of hydrogen-bond donors (Lipinski definition) is 0. The first-order valence-corrected chi connectivity index (χ1v) is 8.44. The average Bonchev–Trinajstić information content (AvgIpc) is 3.07. The molecule has 3 aromatic rings. The molecular formula is C20H21N3O3. The van der Waals surface area contributed by atoms with E-state index >= 15 is 0 Å². The van der Waals surface area contributed by atoms with Crippen molar-refractivity contribution in [2.24, 2.45) is 0 Å². The van der Waals surface area contributed by atoms with Crippen molar-refractivity contribution in [2.75, 3.05) is 13.7 Å². The van der Waals surface area contributed by atoms with E-state index in [1.54, 1.807) is 30.1 Å². The molecule has 0 saturated heterocycles. The predicted octanol–water partition coefficient (Wildman–Crippen LogP) is 3.72. The molecular weight excluding hydrogens is 330 g/mol. The molecule has 26 heavy (non-hydrogen) atoms. The van der Waals surface area contributed by atoms with Crippen LogP contribution in [-0.2, 0) is 6.54 Å². The van der Waals surface area contributed by atoms with E-state index in [1.165, 1.54) is 0 Å².